The molecule has 0 aliphatic rings. The van der Waals surface area contributed by atoms with Gasteiger partial charge in [-0.2, -0.15) is 0 Å². The topological polar surface area (TPSA) is 55.0 Å². The lowest BCUT2D eigenvalue weighted by molar-refractivity contribution is -0.128. The standard InChI is InChI=1S/C7H6N2.C3H6O2/c1-3-8-5-7-6(1)2-4-9-7;1-2-5-3-4/h1-5,9H;3H,2H2,1H3. The Balaban J connectivity index is 0.000000171. The van der Waals surface area contributed by atoms with Crippen LogP contribution in [-0.2, 0) is 9.53 Å². The van der Waals surface area contributed by atoms with Crippen molar-refractivity contribution in [2.75, 3.05) is 6.61 Å². The van der Waals surface area contributed by atoms with Gasteiger partial charge in [-0.15, -0.1) is 0 Å². The summed E-state index contributed by atoms with van der Waals surface area (Å²) < 4.78 is 4.15. The second-order valence-electron chi connectivity index (χ2n) is 2.49. The van der Waals surface area contributed by atoms with Crippen molar-refractivity contribution in [1.29, 1.82) is 0 Å². The fourth-order valence-electron chi connectivity index (χ4n) is 0.960. The molecule has 0 aliphatic carbocycles. The van der Waals surface area contributed by atoms with Gasteiger partial charge in [-0.25, -0.2) is 0 Å². The van der Waals surface area contributed by atoms with Gasteiger partial charge in [0.25, 0.3) is 6.47 Å². The Labute approximate surface area is 81.9 Å². The second-order valence-corrected chi connectivity index (χ2v) is 2.49. The molecule has 0 aliphatic heterocycles. The number of carbonyl (C=O) groups is 1. The van der Waals surface area contributed by atoms with Gasteiger partial charge >= 0.3 is 0 Å². The number of hydrogen-bond acceptors (Lipinski definition) is 3. The third-order valence-corrected chi connectivity index (χ3v) is 1.59. The van der Waals surface area contributed by atoms with Crippen molar-refractivity contribution in [3.05, 3.63) is 30.7 Å². The lowest BCUT2D eigenvalue weighted by atomic mass is 10.3. The van der Waals surface area contributed by atoms with Gasteiger partial charge in [0, 0.05) is 17.8 Å². The van der Waals surface area contributed by atoms with Crippen molar-refractivity contribution in [2.45, 2.75) is 6.92 Å². The molecule has 2 aromatic heterocycles. The van der Waals surface area contributed by atoms with Crippen LogP contribution >= 0.6 is 0 Å². The normalized spacial score (nSPS) is 8.93. The van der Waals surface area contributed by atoms with Crippen LogP contribution in [0.2, 0.25) is 0 Å². The molecule has 4 heteroatoms. The lowest BCUT2D eigenvalue weighted by Crippen LogP contribution is -1.80. The van der Waals surface area contributed by atoms with Gasteiger partial charge in [-0.3, -0.25) is 9.78 Å². The molecule has 0 radical (unpaired) electrons. The summed E-state index contributed by atoms with van der Waals surface area (Å²) in [6, 6.07) is 4.00. The molecule has 0 aromatic carbocycles. The molecule has 14 heavy (non-hydrogen) atoms. The molecule has 2 rings (SSSR count). The maximum atomic E-state index is 9.18. The Hall–Kier alpha value is -1.84. The molecule has 0 atom stereocenters. The number of nitrogens with one attached hydrogen (secondary N) is 1. The quantitative estimate of drug-likeness (QED) is 0.737. The maximum Gasteiger partial charge on any atom is 0.293 e. The first kappa shape index (κ1) is 10.2. The zero-order valence-corrected chi connectivity index (χ0v) is 7.93. The van der Waals surface area contributed by atoms with Crippen LogP contribution in [0.15, 0.2) is 30.7 Å². The second kappa shape index (κ2) is 5.75. The summed E-state index contributed by atoms with van der Waals surface area (Å²) in [5, 5.41) is 1.21. The highest BCUT2D eigenvalue weighted by atomic mass is 16.5. The number of aromatic nitrogens is 2. The van der Waals surface area contributed by atoms with E-state index in [1.807, 2.05) is 24.5 Å². The monoisotopic (exact) mass is 192 g/mol. The van der Waals surface area contributed by atoms with Crippen LogP contribution in [0.5, 0.6) is 0 Å². The number of H-pyrrole nitrogens is 1. The van der Waals surface area contributed by atoms with Crippen LogP contribution < -0.4 is 0 Å². The predicted octanol–water partition coefficient (Wildman–Crippen LogP) is 1.74. The van der Waals surface area contributed by atoms with Gasteiger partial charge in [0.15, 0.2) is 0 Å². The average Bonchev–Trinajstić information content (AvgIpc) is 2.67. The van der Waals surface area contributed by atoms with Crippen molar-refractivity contribution >= 4 is 17.4 Å². The largest absolute Gasteiger partial charge is 0.468 e. The lowest BCUT2D eigenvalue weighted by Gasteiger charge is -1.82. The van der Waals surface area contributed by atoms with E-state index in [9.17, 15) is 4.79 Å². The van der Waals surface area contributed by atoms with Gasteiger partial charge in [0.2, 0.25) is 0 Å². The molecular formula is C10H12N2O2. The molecular weight excluding hydrogens is 180 g/mol. The molecule has 2 aromatic rings. The van der Waals surface area contributed by atoms with E-state index in [1.165, 1.54) is 5.39 Å². The molecule has 0 bridgehead atoms. The molecule has 0 saturated carbocycles. The molecule has 0 saturated heterocycles. The SMILES string of the molecule is CCOC=O.c1cc2cc[nH]c2cn1. The summed E-state index contributed by atoms with van der Waals surface area (Å²) in [6.07, 6.45) is 5.51. The fourth-order valence-corrected chi connectivity index (χ4v) is 0.960. The molecule has 0 fully saturated rings. The van der Waals surface area contributed by atoms with E-state index in [0.29, 0.717) is 13.1 Å². The summed E-state index contributed by atoms with van der Waals surface area (Å²) >= 11 is 0. The summed E-state index contributed by atoms with van der Waals surface area (Å²) in [5.41, 5.74) is 1.09. The van der Waals surface area contributed by atoms with Gasteiger partial charge in [0.05, 0.1) is 18.3 Å². The highest BCUT2D eigenvalue weighted by Gasteiger charge is 1.87. The summed E-state index contributed by atoms with van der Waals surface area (Å²) in [5.74, 6) is 0. The van der Waals surface area contributed by atoms with Gasteiger partial charge in [0.1, 0.15) is 0 Å². The minimum atomic E-state index is 0.431. The van der Waals surface area contributed by atoms with Crippen LogP contribution in [0.25, 0.3) is 10.9 Å². The molecule has 4 nitrogen and oxygen atoms in total. The van der Waals surface area contributed by atoms with E-state index < -0.39 is 0 Å². The number of ether oxygens (including phenoxy) is 1. The van der Waals surface area contributed by atoms with Crippen molar-refractivity contribution < 1.29 is 9.53 Å². The minimum Gasteiger partial charge on any atom is -0.468 e. The number of nitrogens with zero attached hydrogens (tertiary/aromatic N) is 1. The van der Waals surface area contributed by atoms with Crippen molar-refractivity contribution in [1.82, 2.24) is 9.97 Å². The molecule has 0 amide bonds. The average molecular weight is 192 g/mol. The molecule has 2 heterocycles. The first-order valence-electron chi connectivity index (χ1n) is 4.30. The number of aromatic amines is 1. The smallest absolute Gasteiger partial charge is 0.293 e. The van der Waals surface area contributed by atoms with Crippen LogP contribution in [-0.4, -0.2) is 23.0 Å². The number of pyridine rings is 1. The third-order valence-electron chi connectivity index (χ3n) is 1.59. The Morgan fingerprint density at radius 3 is 3.00 bits per heavy atom. The summed E-state index contributed by atoms with van der Waals surface area (Å²) in [6.45, 7) is 2.66. The number of rotatable bonds is 2. The first-order chi connectivity index (χ1) is 6.88. The zero-order chi connectivity index (χ0) is 10.2. The summed E-state index contributed by atoms with van der Waals surface area (Å²) in [4.78, 5) is 16.2. The van der Waals surface area contributed by atoms with Crippen molar-refractivity contribution in [2.24, 2.45) is 0 Å². The van der Waals surface area contributed by atoms with Crippen LogP contribution in [0.3, 0.4) is 0 Å². The molecule has 0 unspecified atom stereocenters. The zero-order valence-electron chi connectivity index (χ0n) is 7.93. The van der Waals surface area contributed by atoms with Gasteiger partial charge in [-0.1, -0.05) is 0 Å². The van der Waals surface area contributed by atoms with Crippen LogP contribution in [0, 0.1) is 0 Å². The van der Waals surface area contributed by atoms with E-state index in [4.69, 9.17) is 0 Å². The van der Waals surface area contributed by atoms with E-state index in [1.54, 1.807) is 13.1 Å². The highest BCUT2D eigenvalue weighted by Crippen LogP contribution is 2.07. The van der Waals surface area contributed by atoms with Gasteiger partial charge < -0.3 is 9.72 Å². The van der Waals surface area contributed by atoms with E-state index >= 15 is 0 Å². The number of carbonyl (C=O) groups excluding carboxylic acids is 1. The minimum absolute atomic E-state index is 0.431. The predicted molar refractivity (Wildman–Crippen MR) is 53.8 cm³/mol. The number of fused-ring (bicyclic) bond motifs is 1. The fraction of sp³-hybridized carbons (Fsp3) is 0.200. The van der Waals surface area contributed by atoms with Crippen LogP contribution in [0.1, 0.15) is 6.92 Å². The molecule has 0 spiro atoms. The van der Waals surface area contributed by atoms with Crippen LogP contribution in [0.4, 0.5) is 0 Å². The van der Waals surface area contributed by atoms with Crippen molar-refractivity contribution in [3.8, 4) is 0 Å². The third kappa shape index (κ3) is 2.90. The van der Waals surface area contributed by atoms with E-state index in [2.05, 4.69) is 14.7 Å². The summed E-state index contributed by atoms with van der Waals surface area (Å²) in [7, 11) is 0. The first-order valence-corrected chi connectivity index (χ1v) is 4.30. The van der Waals surface area contributed by atoms with Gasteiger partial charge in [-0.05, 0) is 19.1 Å². The molecule has 1 N–H and O–H groups in total. The Morgan fingerprint density at radius 1 is 1.57 bits per heavy atom. The Bertz CT molecular complexity index is 354. The van der Waals surface area contributed by atoms with E-state index in [0.717, 1.165) is 5.52 Å². The van der Waals surface area contributed by atoms with E-state index in [-0.39, 0.29) is 0 Å². The maximum absolute atomic E-state index is 9.18. The highest BCUT2D eigenvalue weighted by molar-refractivity contribution is 5.77. The van der Waals surface area contributed by atoms with Crippen molar-refractivity contribution in [3.63, 3.8) is 0 Å². The Morgan fingerprint density at radius 2 is 2.43 bits per heavy atom. The molecule has 74 valence electrons. The Kier molecular flexibility index (Phi) is 4.20. The number of hydrogen-bond donors (Lipinski definition) is 1.